The van der Waals surface area contributed by atoms with Crippen LogP contribution >= 0.6 is 7.82 Å². The Morgan fingerprint density at radius 1 is 0.455 bits per heavy atom. The van der Waals surface area contributed by atoms with Crippen LogP contribution in [0.3, 0.4) is 0 Å². The van der Waals surface area contributed by atoms with Gasteiger partial charge in [0.15, 0.2) is 6.10 Å². The molecule has 0 aromatic carbocycles. The minimum absolute atomic E-state index is 0.212. The molecule has 0 saturated heterocycles. The van der Waals surface area contributed by atoms with Crippen molar-refractivity contribution in [1.82, 2.24) is 0 Å². The number of allylic oxidation sites excluding steroid dienone is 2. The van der Waals surface area contributed by atoms with Crippen LogP contribution in [0.2, 0.25) is 0 Å². The van der Waals surface area contributed by atoms with Crippen LogP contribution in [0.4, 0.5) is 0 Å². The van der Waals surface area contributed by atoms with Gasteiger partial charge in [0.1, 0.15) is 6.61 Å². The molecule has 8 nitrogen and oxygen atoms in total. The Morgan fingerprint density at radius 2 is 0.764 bits per heavy atom. The Bertz CT molecular complexity index is 904. The van der Waals surface area contributed by atoms with E-state index in [2.05, 4.69) is 30.5 Å². The van der Waals surface area contributed by atoms with Crippen LogP contribution in [-0.4, -0.2) is 41.0 Å². The van der Waals surface area contributed by atoms with Crippen LogP contribution in [0.1, 0.15) is 251 Å². The molecule has 0 bridgehead atoms. The van der Waals surface area contributed by atoms with Crippen molar-refractivity contribution in [2.24, 2.45) is 0 Å². The van der Waals surface area contributed by atoms with Crippen LogP contribution in [0.15, 0.2) is 12.2 Å². The molecule has 0 spiro atoms. The largest absolute Gasteiger partial charge is 0.469 e. The summed E-state index contributed by atoms with van der Waals surface area (Å²) in [5.41, 5.74) is 0. The topological polar surface area (TPSA) is 119 Å². The van der Waals surface area contributed by atoms with E-state index in [-0.39, 0.29) is 19.4 Å². The Hall–Kier alpha value is -1.21. The molecule has 0 amide bonds. The Balaban J connectivity index is 3.83. The molecule has 1 atom stereocenters. The van der Waals surface area contributed by atoms with Crippen molar-refractivity contribution in [2.45, 2.75) is 258 Å². The summed E-state index contributed by atoms with van der Waals surface area (Å²) >= 11 is 0. The van der Waals surface area contributed by atoms with E-state index in [1.807, 2.05) is 0 Å². The maximum absolute atomic E-state index is 12.4. The second-order valence-corrected chi connectivity index (χ2v) is 17.3. The molecule has 55 heavy (non-hydrogen) atoms. The van der Waals surface area contributed by atoms with Crippen molar-refractivity contribution in [3.63, 3.8) is 0 Å². The summed E-state index contributed by atoms with van der Waals surface area (Å²) in [7, 11) is -4.75. The van der Waals surface area contributed by atoms with Crippen molar-refractivity contribution < 1.29 is 37.9 Å². The summed E-state index contributed by atoms with van der Waals surface area (Å²) in [6.07, 6.45) is 47.9. The van der Waals surface area contributed by atoms with E-state index in [0.29, 0.717) is 6.42 Å². The molecular formula is C46H89O8P. The second-order valence-electron chi connectivity index (χ2n) is 16.1. The van der Waals surface area contributed by atoms with Crippen LogP contribution in [0.25, 0.3) is 0 Å². The summed E-state index contributed by atoms with van der Waals surface area (Å²) in [5, 5.41) is 0. The third-order valence-corrected chi connectivity index (χ3v) is 11.0. The van der Waals surface area contributed by atoms with Gasteiger partial charge in [-0.25, -0.2) is 4.57 Å². The van der Waals surface area contributed by atoms with Gasteiger partial charge in [0.2, 0.25) is 0 Å². The quantitative estimate of drug-likeness (QED) is 0.0271. The van der Waals surface area contributed by atoms with Crippen LogP contribution < -0.4 is 0 Å². The van der Waals surface area contributed by atoms with Gasteiger partial charge in [0, 0.05) is 12.8 Å². The fourth-order valence-corrected chi connectivity index (χ4v) is 7.38. The molecule has 0 radical (unpaired) electrons. The van der Waals surface area contributed by atoms with Crippen molar-refractivity contribution >= 4 is 19.8 Å². The van der Waals surface area contributed by atoms with E-state index in [4.69, 9.17) is 19.3 Å². The van der Waals surface area contributed by atoms with Crippen LogP contribution in [-0.2, 0) is 28.2 Å². The number of phosphoric ester groups is 1. The number of ether oxygens (including phenoxy) is 2. The van der Waals surface area contributed by atoms with E-state index in [0.717, 1.165) is 44.9 Å². The molecular weight excluding hydrogens is 711 g/mol. The number of unbranched alkanes of at least 4 members (excludes halogenated alkanes) is 32. The predicted molar refractivity (Wildman–Crippen MR) is 230 cm³/mol. The van der Waals surface area contributed by atoms with Gasteiger partial charge in [-0.3, -0.25) is 14.1 Å². The van der Waals surface area contributed by atoms with Gasteiger partial charge in [-0.2, -0.15) is 0 Å². The first-order valence-electron chi connectivity index (χ1n) is 23.5. The number of carbonyl (C=O) groups is 2. The smallest absolute Gasteiger partial charge is 0.462 e. The zero-order chi connectivity index (χ0) is 40.3. The van der Waals surface area contributed by atoms with Crippen molar-refractivity contribution in [1.29, 1.82) is 0 Å². The number of phosphoric acid groups is 1. The summed E-state index contributed by atoms with van der Waals surface area (Å²) in [6, 6.07) is 0. The molecule has 0 aliphatic rings. The molecule has 0 fully saturated rings. The van der Waals surface area contributed by atoms with Crippen LogP contribution in [0, 0.1) is 0 Å². The fourth-order valence-electron chi connectivity index (χ4n) is 7.02. The average Bonchev–Trinajstić information content (AvgIpc) is 3.16. The molecule has 2 N–H and O–H groups in total. The highest BCUT2D eigenvalue weighted by molar-refractivity contribution is 7.46. The molecule has 0 aliphatic heterocycles. The highest BCUT2D eigenvalue weighted by Crippen LogP contribution is 2.36. The zero-order valence-corrected chi connectivity index (χ0v) is 37.0. The predicted octanol–water partition coefficient (Wildman–Crippen LogP) is 14.6. The lowest BCUT2D eigenvalue weighted by Crippen LogP contribution is -2.29. The average molecular weight is 801 g/mol. The van der Waals surface area contributed by atoms with Crippen molar-refractivity contribution in [2.75, 3.05) is 13.2 Å². The van der Waals surface area contributed by atoms with E-state index in [1.165, 1.54) is 173 Å². The van der Waals surface area contributed by atoms with Gasteiger partial charge in [0.25, 0.3) is 0 Å². The molecule has 0 aromatic heterocycles. The lowest BCUT2D eigenvalue weighted by molar-refractivity contribution is -0.161. The molecule has 0 heterocycles. The van der Waals surface area contributed by atoms with Crippen molar-refractivity contribution in [3.05, 3.63) is 12.2 Å². The van der Waals surface area contributed by atoms with Crippen LogP contribution in [0.5, 0.6) is 0 Å². The summed E-state index contributed by atoms with van der Waals surface area (Å²) in [6.45, 7) is 3.72. The molecule has 0 aromatic rings. The Morgan fingerprint density at radius 3 is 1.11 bits per heavy atom. The van der Waals surface area contributed by atoms with Gasteiger partial charge in [0.05, 0.1) is 6.61 Å². The zero-order valence-electron chi connectivity index (χ0n) is 36.1. The van der Waals surface area contributed by atoms with E-state index in [1.54, 1.807) is 0 Å². The SMILES string of the molecule is CCCCCCCCC/C=C\CCCCCCCCCC(=O)OC(COC(=O)CCCCCCCCCCCCCCCCCCCCC)COP(=O)(O)O. The Labute approximate surface area is 339 Å². The normalized spacial score (nSPS) is 12.4. The summed E-state index contributed by atoms with van der Waals surface area (Å²) in [5.74, 6) is -0.874. The third kappa shape index (κ3) is 45.4. The lowest BCUT2D eigenvalue weighted by atomic mass is 10.0. The second kappa shape index (κ2) is 42.4. The highest BCUT2D eigenvalue weighted by Gasteiger charge is 2.23. The highest BCUT2D eigenvalue weighted by atomic mass is 31.2. The summed E-state index contributed by atoms with van der Waals surface area (Å²) in [4.78, 5) is 43.0. The van der Waals surface area contributed by atoms with E-state index < -0.39 is 32.5 Å². The molecule has 0 saturated carbocycles. The van der Waals surface area contributed by atoms with Gasteiger partial charge in [-0.1, -0.05) is 212 Å². The number of carbonyl (C=O) groups excluding carboxylic acids is 2. The van der Waals surface area contributed by atoms with Gasteiger partial charge < -0.3 is 19.3 Å². The lowest BCUT2D eigenvalue weighted by Gasteiger charge is -2.18. The molecule has 326 valence electrons. The first kappa shape index (κ1) is 53.8. The fraction of sp³-hybridized carbons (Fsp3) is 0.913. The minimum Gasteiger partial charge on any atom is -0.462 e. The molecule has 1 unspecified atom stereocenters. The number of rotatable bonds is 44. The van der Waals surface area contributed by atoms with Crippen molar-refractivity contribution in [3.8, 4) is 0 Å². The van der Waals surface area contributed by atoms with Gasteiger partial charge in [-0.15, -0.1) is 0 Å². The maximum Gasteiger partial charge on any atom is 0.469 e. The number of esters is 2. The minimum atomic E-state index is -4.75. The third-order valence-electron chi connectivity index (χ3n) is 10.5. The first-order valence-corrected chi connectivity index (χ1v) is 25.0. The standard InChI is InChI=1S/C46H89O8P/c1-3-5-7-9-11-13-15-17-19-21-23-25-26-28-30-32-34-36-38-40-45(47)52-42-44(43-53-55(49,50)51)54-46(48)41-39-37-35-33-31-29-27-24-22-20-18-16-14-12-10-8-6-4-2/h20,22,44H,3-19,21,23-43H2,1-2H3,(H2,49,50,51)/b22-20-. The van der Waals surface area contributed by atoms with E-state index >= 15 is 0 Å². The Kier molecular flexibility index (Phi) is 41.5. The van der Waals surface area contributed by atoms with E-state index in [9.17, 15) is 14.2 Å². The van der Waals surface area contributed by atoms with Gasteiger partial charge >= 0.3 is 19.8 Å². The number of hydrogen-bond acceptors (Lipinski definition) is 6. The first-order chi connectivity index (χ1) is 26.8. The maximum atomic E-state index is 12.4. The number of hydrogen-bond donors (Lipinski definition) is 2. The molecule has 0 aliphatic carbocycles. The molecule has 0 rings (SSSR count). The van der Waals surface area contributed by atoms with Gasteiger partial charge in [-0.05, 0) is 38.5 Å². The summed E-state index contributed by atoms with van der Waals surface area (Å²) < 4.78 is 26.5. The molecule has 9 heteroatoms. The monoisotopic (exact) mass is 801 g/mol.